The molecule has 1 amide bonds. The lowest BCUT2D eigenvalue weighted by Gasteiger charge is -2.31. The number of hydrogen-bond donors (Lipinski definition) is 0. The van der Waals surface area contributed by atoms with Crippen molar-refractivity contribution in [3.05, 3.63) is 64.6 Å². The largest absolute Gasteiger partial charge is 0.338 e. The van der Waals surface area contributed by atoms with Crippen LogP contribution in [0.2, 0.25) is 0 Å². The molecule has 2 aromatic carbocycles. The van der Waals surface area contributed by atoms with E-state index in [2.05, 4.69) is 22.9 Å². The average Bonchev–Trinajstić information content (AvgIpc) is 2.66. The van der Waals surface area contributed by atoms with Gasteiger partial charge in [-0.25, -0.2) is 4.98 Å². The van der Waals surface area contributed by atoms with Crippen molar-refractivity contribution in [3.63, 3.8) is 0 Å². The molecule has 4 rings (SSSR count). The van der Waals surface area contributed by atoms with Crippen molar-refractivity contribution in [3.8, 4) is 11.3 Å². The molecule has 3 nitrogen and oxygen atoms in total. The van der Waals surface area contributed by atoms with E-state index in [-0.39, 0.29) is 5.91 Å². The molecule has 0 unspecified atom stereocenters. The van der Waals surface area contributed by atoms with Crippen LogP contribution in [0.25, 0.3) is 22.2 Å². The van der Waals surface area contributed by atoms with Crippen molar-refractivity contribution < 1.29 is 4.79 Å². The summed E-state index contributed by atoms with van der Waals surface area (Å²) in [4.78, 5) is 20.1. The molecule has 26 heavy (non-hydrogen) atoms. The summed E-state index contributed by atoms with van der Waals surface area (Å²) in [5.41, 5.74) is 3.45. The Kier molecular flexibility index (Phi) is 4.77. The Morgan fingerprint density at radius 2 is 2.00 bits per heavy atom. The Labute approximate surface area is 162 Å². The van der Waals surface area contributed by atoms with E-state index in [1.54, 1.807) is 0 Å². The quantitative estimate of drug-likeness (QED) is 0.557. The number of halogens is 1. The molecule has 2 heterocycles. The third-order valence-corrected chi connectivity index (χ3v) is 5.50. The first-order valence-corrected chi connectivity index (χ1v) is 9.86. The van der Waals surface area contributed by atoms with Crippen LogP contribution in [0, 0.1) is 5.92 Å². The lowest BCUT2D eigenvalue weighted by Crippen LogP contribution is -2.39. The number of carbonyl (C=O) groups is 1. The highest BCUT2D eigenvalue weighted by Gasteiger charge is 2.24. The second-order valence-corrected chi connectivity index (χ2v) is 8.00. The minimum Gasteiger partial charge on any atom is -0.338 e. The van der Waals surface area contributed by atoms with Gasteiger partial charge in [0.1, 0.15) is 0 Å². The van der Waals surface area contributed by atoms with Crippen molar-refractivity contribution in [2.45, 2.75) is 19.8 Å². The first-order valence-electron chi connectivity index (χ1n) is 9.07. The molecule has 1 fully saturated rings. The summed E-state index contributed by atoms with van der Waals surface area (Å²) >= 11 is 3.52. The van der Waals surface area contributed by atoms with E-state index >= 15 is 0 Å². The summed E-state index contributed by atoms with van der Waals surface area (Å²) < 4.78 is 1.00. The number of pyridine rings is 1. The second-order valence-electron chi connectivity index (χ2n) is 7.08. The van der Waals surface area contributed by atoms with Gasteiger partial charge in [-0.1, -0.05) is 53.2 Å². The average molecular weight is 409 g/mol. The smallest absolute Gasteiger partial charge is 0.254 e. The van der Waals surface area contributed by atoms with Crippen LogP contribution in [-0.2, 0) is 0 Å². The Bertz CT molecular complexity index is 969. The number of hydrogen-bond acceptors (Lipinski definition) is 2. The predicted molar refractivity (Wildman–Crippen MR) is 109 cm³/mol. The van der Waals surface area contributed by atoms with Crippen molar-refractivity contribution in [2.75, 3.05) is 13.1 Å². The molecule has 132 valence electrons. The summed E-state index contributed by atoms with van der Waals surface area (Å²) in [7, 11) is 0. The van der Waals surface area contributed by atoms with Crippen LogP contribution in [0.4, 0.5) is 0 Å². The fourth-order valence-electron chi connectivity index (χ4n) is 3.69. The van der Waals surface area contributed by atoms with Gasteiger partial charge < -0.3 is 4.90 Å². The number of likely N-dealkylation sites (tertiary alicyclic amines) is 1. The number of para-hydroxylation sites is 1. The van der Waals surface area contributed by atoms with Crippen molar-refractivity contribution in [1.29, 1.82) is 0 Å². The number of rotatable bonds is 2. The fraction of sp³-hybridized carbons (Fsp3) is 0.273. The maximum absolute atomic E-state index is 13.3. The zero-order valence-corrected chi connectivity index (χ0v) is 16.4. The van der Waals surface area contributed by atoms with Crippen LogP contribution in [0.3, 0.4) is 0 Å². The molecule has 1 aliphatic heterocycles. The van der Waals surface area contributed by atoms with Crippen molar-refractivity contribution >= 4 is 32.7 Å². The van der Waals surface area contributed by atoms with E-state index in [1.165, 1.54) is 6.42 Å². The summed E-state index contributed by atoms with van der Waals surface area (Å²) in [5, 5.41) is 0.925. The first-order chi connectivity index (χ1) is 12.6. The summed E-state index contributed by atoms with van der Waals surface area (Å²) in [6, 6.07) is 17.9. The molecule has 0 bridgehead atoms. The molecule has 0 spiro atoms. The zero-order valence-electron chi connectivity index (χ0n) is 14.8. The minimum atomic E-state index is 0.117. The molecule has 1 saturated heterocycles. The Hall–Kier alpha value is -2.20. The Balaban J connectivity index is 1.83. The third-order valence-electron chi connectivity index (χ3n) is 5.01. The van der Waals surface area contributed by atoms with Crippen LogP contribution in [0.1, 0.15) is 30.1 Å². The molecule has 3 aromatic rings. The van der Waals surface area contributed by atoms with Gasteiger partial charge in [-0.05, 0) is 43.0 Å². The number of nitrogens with zero attached hydrogens (tertiary/aromatic N) is 2. The maximum atomic E-state index is 13.3. The van der Waals surface area contributed by atoms with Crippen molar-refractivity contribution in [1.82, 2.24) is 9.88 Å². The normalized spacial score (nSPS) is 17.5. The Morgan fingerprint density at radius 3 is 2.81 bits per heavy atom. The molecule has 1 aliphatic rings. The van der Waals surface area contributed by atoms with E-state index in [9.17, 15) is 4.79 Å². The zero-order chi connectivity index (χ0) is 18.1. The van der Waals surface area contributed by atoms with Crippen LogP contribution in [0.5, 0.6) is 0 Å². The Morgan fingerprint density at radius 1 is 1.15 bits per heavy atom. The lowest BCUT2D eigenvalue weighted by atomic mass is 9.98. The van der Waals surface area contributed by atoms with E-state index in [0.717, 1.165) is 51.7 Å². The highest BCUT2D eigenvalue weighted by molar-refractivity contribution is 9.10. The van der Waals surface area contributed by atoms with Gasteiger partial charge in [-0.2, -0.15) is 0 Å². The van der Waals surface area contributed by atoms with Gasteiger partial charge in [0.15, 0.2) is 0 Å². The summed E-state index contributed by atoms with van der Waals surface area (Å²) in [5.74, 6) is 0.678. The molecular weight excluding hydrogens is 388 g/mol. The highest BCUT2D eigenvalue weighted by Crippen LogP contribution is 2.28. The van der Waals surface area contributed by atoms with Gasteiger partial charge in [0.25, 0.3) is 5.91 Å². The molecule has 1 atom stereocenters. The maximum Gasteiger partial charge on any atom is 0.254 e. The van der Waals surface area contributed by atoms with Gasteiger partial charge in [0.2, 0.25) is 0 Å². The second kappa shape index (κ2) is 7.20. The van der Waals surface area contributed by atoms with Crippen LogP contribution >= 0.6 is 15.9 Å². The van der Waals surface area contributed by atoms with Crippen LogP contribution in [-0.4, -0.2) is 28.9 Å². The van der Waals surface area contributed by atoms with Gasteiger partial charge in [-0.3, -0.25) is 4.79 Å². The van der Waals surface area contributed by atoms with Crippen molar-refractivity contribution in [2.24, 2.45) is 5.92 Å². The number of benzene rings is 2. The van der Waals surface area contributed by atoms with Crippen LogP contribution < -0.4 is 0 Å². The summed E-state index contributed by atoms with van der Waals surface area (Å²) in [6.45, 7) is 3.89. The van der Waals surface area contributed by atoms with E-state index in [4.69, 9.17) is 4.98 Å². The van der Waals surface area contributed by atoms with Crippen LogP contribution in [0.15, 0.2) is 59.1 Å². The molecule has 0 saturated carbocycles. The van der Waals surface area contributed by atoms with Gasteiger partial charge in [-0.15, -0.1) is 0 Å². The third kappa shape index (κ3) is 3.38. The van der Waals surface area contributed by atoms with E-state index in [1.807, 2.05) is 59.5 Å². The number of aromatic nitrogens is 1. The number of amides is 1. The molecule has 4 heteroatoms. The number of piperidine rings is 1. The minimum absolute atomic E-state index is 0.117. The monoisotopic (exact) mass is 408 g/mol. The molecule has 0 aliphatic carbocycles. The molecule has 0 N–H and O–H groups in total. The van der Waals surface area contributed by atoms with E-state index < -0.39 is 0 Å². The topological polar surface area (TPSA) is 33.2 Å². The highest BCUT2D eigenvalue weighted by atomic mass is 79.9. The standard InChI is InChI=1S/C22H21BrN2O/c1-15-6-5-11-25(14-15)22(26)19-13-21(16-7-4-8-17(23)12-16)24-20-10-3-2-9-18(19)20/h2-4,7-10,12-13,15H,5-6,11,14H2,1H3/t15-/m1/s1. The SMILES string of the molecule is C[C@@H]1CCCN(C(=O)c2cc(-c3cccc(Br)c3)nc3ccccc23)C1. The van der Waals surface area contributed by atoms with Gasteiger partial charge in [0.05, 0.1) is 16.8 Å². The first kappa shape index (κ1) is 17.2. The lowest BCUT2D eigenvalue weighted by molar-refractivity contribution is 0.0685. The van der Waals surface area contributed by atoms with E-state index in [0.29, 0.717) is 5.92 Å². The molecular formula is C22H21BrN2O. The van der Waals surface area contributed by atoms with Gasteiger partial charge >= 0.3 is 0 Å². The summed E-state index contributed by atoms with van der Waals surface area (Å²) in [6.07, 6.45) is 2.28. The van der Waals surface area contributed by atoms with Gasteiger partial charge in [0, 0.05) is 28.5 Å². The number of carbonyl (C=O) groups excluding carboxylic acids is 1. The number of fused-ring (bicyclic) bond motifs is 1. The molecule has 1 aromatic heterocycles. The predicted octanol–water partition coefficient (Wildman–Crippen LogP) is 5.54. The molecule has 0 radical (unpaired) electrons. The fourth-order valence-corrected chi connectivity index (χ4v) is 4.09.